The third-order valence-electron chi connectivity index (χ3n) is 4.32. The van der Waals surface area contributed by atoms with Gasteiger partial charge in [0.15, 0.2) is 0 Å². The Morgan fingerprint density at radius 1 is 1.35 bits per heavy atom. The van der Waals surface area contributed by atoms with Crippen LogP contribution in [0.1, 0.15) is 64.5 Å². The molecule has 1 N–H and O–H groups in total. The molecule has 1 aliphatic carbocycles. The van der Waals surface area contributed by atoms with Gasteiger partial charge in [-0.2, -0.15) is 5.10 Å². The number of hydrogen-bond donors (Lipinski definition) is 1. The van der Waals surface area contributed by atoms with Crippen LogP contribution >= 0.6 is 0 Å². The Balaban J connectivity index is 2.24. The van der Waals surface area contributed by atoms with Crippen LogP contribution in [0.3, 0.4) is 0 Å². The lowest BCUT2D eigenvalue weighted by Gasteiger charge is -2.37. The minimum absolute atomic E-state index is 0.0362. The lowest BCUT2D eigenvalue weighted by molar-refractivity contribution is -0.0626. The first-order valence-electron chi connectivity index (χ1n) is 8.15. The molecule has 0 aromatic carbocycles. The summed E-state index contributed by atoms with van der Waals surface area (Å²) in [5, 5.41) is 8.16. The highest BCUT2D eigenvalue weighted by Crippen LogP contribution is 2.42. The van der Waals surface area contributed by atoms with Crippen LogP contribution in [0.25, 0.3) is 0 Å². The van der Waals surface area contributed by atoms with Crippen molar-refractivity contribution in [3.63, 3.8) is 0 Å². The summed E-state index contributed by atoms with van der Waals surface area (Å²) in [5.74, 6) is 0. The van der Waals surface area contributed by atoms with Crippen LogP contribution in [-0.2, 0) is 11.3 Å². The second kappa shape index (κ2) is 7.23. The zero-order valence-electron chi connectivity index (χ0n) is 13.2. The molecule has 0 radical (unpaired) electrons. The van der Waals surface area contributed by atoms with Crippen molar-refractivity contribution in [3.8, 4) is 0 Å². The van der Waals surface area contributed by atoms with E-state index in [1.54, 1.807) is 0 Å². The molecule has 1 saturated carbocycles. The largest absolute Gasteiger partial charge is 0.373 e. The van der Waals surface area contributed by atoms with Gasteiger partial charge in [0.05, 0.1) is 17.8 Å². The molecule has 1 fully saturated rings. The highest BCUT2D eigenvalue weighted by atomic mass is 16.5. The number of rotatable bonds is 8. The summed E-state index contributed by atoms with van der Waals surface area (Å²) in [4.78, 5) is 0. The normalized spacial score (nSPS) is 19.4. The topological polar surface area (TPSA) is 39.1 Å². The van der Waals surface area contributed by atoms with Crippen molar-refractivity contribution in [3.05, 3.63) is 18.0 Å². The summed E-state index contributed by atoms with van der Waals surface area (Å²) in [6.45, 7) is 9.16. The number of hydrogen-bond acceptors (Lipinski definition) is 3. The van der Waals surface area contributed by atoms with Crippen molar-refractivity contribution < 1.29 is 4.74 Å². The summed E-state index contributed by atoms with van der Waals surface area (Å²) in [6, 6.07) is 0.269. The number of nitrogens with zero attached hydrogens (tertiary/aromatic N) is 2. The van der Waals surface area contributed by atoms with Crippen molar-refractivity contribution >= 4 is 0 Å². The number of aryl methyl sites for hydroxylation is 1. The Morgan fingerprint density at radius 2 is 2.10 bits per heavy atom. The van der Waals surface area contributed by atoms with Gasteiger partial charge in [-0.05, 0) is 39.7 Å². The van der Waals surface area contributed by atoms with Gasteiger partial charge in [0.1, 0.15) is 0 Å². The second-order valence-electron chi connectivity index (χ2n) is 5.72. The summed E-state index contributed by atoms with van der Waals surface area (Å²) < 4.78 is 8.25. The molecule has 1 aliphatic rings. The van der Waals surface area contributed by atoms with Crippen LogP contribution in [0.2, 0.25) is 0 Å². The molecule has 1 aromatic rings. The van der Waals surface area contributed by atoms with Crippen molar-refractivity contribution in [1.82, 2.24) is 15.1 Å². The standard InChI is InChI=1S/C16H29N3O/c1-4-11-17-15(14-12-18-19(5-2)13-14)16(20-6-3)9-7-8-10-16/h12-13,15,17H,4-11H2,1-3H3. The molecule has 4 heteroatoms. The maximum Gasteiger partial charge on any atom is 0.0877 e. The Morgan fingerprint density at radius 3 is 2.65 bits per heavy atom. The van der Waals surface area contributed by atoms with Gasteiger partial charge in [-0.3, -0.25) is 4.68 Å². The summed E-state index contributed by atoms with van der Waals surface area (Å²) >= 11 is 0. The van der Waals surface area contributed by atoms with Crippen LogP contribution < -0.4 is 5.32 Å². The van der Waals surface area contributed by atoms with E-state index >= 15 is 0 Å². The van der Waals surface area contributed by atoms with E-state index in [1.165, 1.54) is 18.4 Å². The molecular weight excluding hydrogens is 250 g/mol. The fraction of sp³-hybridized carbons (Fsp3) is 0.812. The predicted molar refractivity (Wildman–Crippen MR) is 81.8 cm³/mol. The summed E-state index contributed by atoms with van der Waals surface area (Å²) in [5.41, 5.74) is 1.24. The zero-order chi connectivity index (χ0) is 14.4. The van der Waals surface area contributed by atoms with E-state index in [0.29, 0.717) is 0 Å². The molecule has 0 saturated heterocycles. The maximum atomic E-state index is 6.25. The Kier molecular flexibility index (Phi) is 5.61. The van der Waals surface area contributed by atoms with Gasteiger partial charge in [-0.1, -0.05) is 19.8 Å². The molecule has 0 bridgehead atoms. The van der Waals surface area contributed by atoms with Crippen LogP contribution in [0.15, 0.2) is 12.4 Å². The van der Waals surface area contributed by atoms with Crippen LogP contribution in [-0.4, -0.2) is 28.5 Å². The van der Waals surface area contributed by atoms with E-state index in [9.17, 15) is 0 Å². The summed E-state index contributed by atoms with van der Waals surface area (Å²) in [6.07, 6.45) is 10.2. The third kappa shape index (κ3) is 3.23. The number of aromatic nitrogens is 2. The van der Waals surface area contributed by atoms with Gasteiger partial charge < -0.3 is 10.1 Å². The van der Waals surface area contributed by atoms with Crippen LogP contribution in [0.5, 0.6) is 0 Å². The van der Waals surface area contributed by atoms with Crippen molar-refractivity contribution in [2.24, 2.45) is 0 Å². The number of ether oxygens (including phenoxy) is 1. The molecule has 1 unspecified atom stereocenters. The van der Waals surface area contributed by atoms with E-state index in [-0.39, 0.29) is 11.6 Å². The van der Waals surface area contributed by atoms with Gasteiger partial charge in [-0.15, -0.1) is 0 Å². The molecule has 0 aliphatic heterocycles. The molecule has 1 heterocycles. The van der Waals surface area contributed by atoms with E-state index in [1.807, 2.05) is 10.9 Å². The van der Waals surface area contributed by atoms with Gasteiger partial charge in [-0.25, -0.2) is 0 Å². The Bertz CT molecular complexity index is 396. The van der Waals surface area contributed by atoms with Gasteiger partial charge in [0, 0.05) is 24.9 Å². The highest BCUT2D eigenvalue weighted by Gasteiger charge is 2.43. The van der Waals surface area contributed by atoms with E-state index in [4.69, 9.17) is 4.74 Å². The SMILES string of the molecule is CCCNC(c1cnn(CC)c1)C1(OCC)CCCC1. The minimum atomic E-state index is -0.0362. The van der Waals surface area contributed by atoms with Crippen LogP contribution in [0, 0.1) is 0 Å². The average Bonchev–Trinajstić information content (AvgIpc) is 3.10. The predicted octanol–water partition coefficient (Wildman–Crippen LogP) is 3.29. The first-order chi connectivity index (χ1) is 9.75. The second-order valence-corrected chi connectivity index (χ2v) is 5.72. The van der Waals surface area contributed by atoms with Gasteiger partial charge in [0.2, 0.25) is 0 Å². The van der Waals surface area contributed by atoms with E-state index < -0.39 is 0 Å². The molecule has 1 atom stereocenters. The molecule has 114 valence electrons. The molecule has 20 heavy (non-hydrogen) atoms. The first kappa shape index (κ1) is 15.5. The maximum absolute atomic E-state index is 6.25. The highest BCUT2D eigenvalue weighted by molar-refractivity contribution is 5.17. The molecule has 1 aromatic heterocycles. The van der Waals surface area contributed by atoms with Crippen molar-refractivity contribution in [2.45, 2.75) is 71.1 Å². The molecule has 0 spiro atoms. The van der Waals surface area contributed by atoms with Gasteiger partial charge >= 0.3 is 0 Å². The smallest absolute Gasteiger partial charge is 0.0877 e. The first-order valence-corrected chi connectivity index (χ1v) is 8.15. The van der Waals surface area contributed by atoms with Crippen LogP contribution in [0.4, 0.5) is 0 Å². The van der Waals surface area contributed by atoms with E-state index in [0.717, 1.165) is 39.0 Å². The fourth-order valence-electron chi connectivity index (χ4n) is 3.38. The summed E-state index contributed by atoms with van der Waals surface area (Å²) in [7, 11) is 0. The molecule has 4 nitrogen and oxygen atoms in total. The monoisotopic (exact) mass is 279 g/mol. The third-order valence-corrected chi connectivity index (χ3v) is 4.32. The number of nitrogens with one attached hydrogen (secondary N) is 1. The molecule has 0 amide bonds. The van der Waals surface area contributed by atoms with Crippen molar-refractivity contribution in [1.29, 1.82) is 0 Å². The molecular formula is C16H29N3O. The van der Waals surface area contributed by atoms with Crippen molar-refractivity contribution in [2.75, 3.05) is 13.2 Å². The lowest BCUT2D eigenvalue weighted by atomic mass is 9.88. The fourth-order valence-corrected chi connectivity index (χ4v) is 3.38. The lowest BCUT2D eigenvalue weighted by Crippen LogP contribution is -2.44. The Hall–Kier alpha value is -0.870. The van der Waals surface area contributed by atoms with E-state index in [2.05, 4.69) is 37.4 Å². The zero-order valence-corrected chi connectivity index (χ0v) is 13.2. The Labute approximate surface area is 122 Å². The minimum Gasteiger partial charge on any atom is -0.373 e. The average molecular weight is 279 g/mol. The quantitative estimate of drug-likeness (QED) is 0.793. The molecule has 2 rings (SSSR count). The van der Waals surface area contributed by atoms with Gasteiger partial charge in [0.25, 0.3) is 0 Å².